The van der Waals surface area contributed by atoms with Gasteiger partial charge in [0.15, 0.2) is 0 Å². The Morgan fingerprint density at radius 3 is 2.30 bits per heavy atom. The van der Waals surface area contributed by atoms with Gasteiger partial charge in [0.1, 0.15) is 0 Å². The van der Waals surface area contributed by atoms with Crippen molar-refractivity contribution in [1.82, 2.24) is 9.55 Å². The molecule has 0 unspecified atom stereocenters. The first-order valence-corrected chi connectivity index (χ1v) is 8.12. The van der Waals surface area contributed by atoms with Crippen molar-refractivity contribution in [1.29, 1.82) is 0 Å². The minimum absolute atomic E-state index is 0.0806. The van der Waals surface area contributed by atoms with Gasteiger partial charge < -0.3 is 14.8 Å². The Morgan fingerprint density at radius 2 is 1.74 bits per heavy atom. The first-order valence-electron chi connectivity index (χ1n) is 8.12. The summed E-state index contributed by atoms with van der Waals surface area (Å²) in [7, 11) is 0. The number of aliphatic imine (C=N–C) groups is 1. The molecule has 27 heavy (non-hydrogen) atoms. The van der Waals surface area contributed by atoms with Crippen LogP contribution in [-0.2, 0) is 0 Å². The number of carboxylic acid groups (broad SMARTS) is 2. The number of carbonyl (C=O) groups is 2. The molecule has 0 aliphatic rings. The monoisotopic (exact) mass is 363 g/mol. The molecule has 0 aliphatic heterocycles. The van der Waals surface area contributed by atoms with Gasteiger partial charge in [-0.25, -0.2) is 9.59 Å². The molecule has 0 saturated carbocycles. The second kappa shape index (κ2) is 7.25. The van der Waals surface area contributed by atoms with Gasteiger partial charge in [0.25, 0.3) is 0 Å². The maximum absolute atomic E-state index is 11.4. The van der Waals surface area contributed by atoms with Gasteiger partial charge in [0, 0.05) is 35.1 Å². The number of aryl methyl sites for hydroxylation is 1. The third-order valence-electron chi connectivity index (χ3n) is 4.14. The molecular weight excluding hydrogens is 346 g/mol. The number of benzene rings is 1. The van der Waals surface area contributed by atoms with E-state index in [1.165, 1.54) is 12.1 Å². The predicted molar refractivity (Wildman–Crippen MR) is 101 cm³/mol. The molecule has 0 saturated heterocycles. The lowest BCUT2D eigenvalue weighted by Gasteiger charge is -2.12. The summed E-state index contributed by atoms with van der Waals surface area (Å²) >= 11 is 0. The van der Waals surface area contributed by atoms with Crippen molar-refractivity contribution in [2.75, 3.05) is 0 Å². The van der Waals surface area contributed by atoms with Crippen LogP contribution in [0.25, 0.3) is 5.69 Å². The topological polar surface area (TPSA) is 105 Å². The Balaban J connectivity index is 2.08. The molecule has 7 heteroatoms. The molecule has 0 atom stereocenters. The van der Waals surface area contributed by atoms with Crippen LogP contribution in [0.15, 0.2) is 53.8 Å². The van der Waals surface area contributed by atoms with Crippen molar-refractivity contribution in [3.63, 3.8) is 0 Å². The summed E-state index contributed by atoms with van der Waals surface area (Å²) in [4.78, 5) is 31.1. The lowest BCUT2D eigenvalue weighted by Crippen LogP contribution is -2.07. The number of aromatic nitrogens is 2. The van der Waals surface area contributed by atoms with Crippen LogP contribution in [0.4, 0.5) is 5.69 Å². The first-order chi connectivity index (χ1) is 12.9. The maximum atomic E-state index is 11.4. The Kier molecular flexibility index (Phi) is 4.85. The van der Waals surface area contributed by atoms with Crippen molar-refractivity contribution < 1.29 is 19.8 Å². The third-order valence-corrected chi connectivity index (χ3v) is 4.14. The van der Waals surface area contributed by atoms with E-state index in [1.54, 1.807) is 24.7 Å². The highest BCUT2D eigenvalue weighted by Crippen LogP contribution is 2.23. The molecule has 3 rings (SSSR count). The fourth-order valence-electron chi connectivity index (χ4n) is 2.88. The molecule has 2 aromatic heterocycles. The summed E-state index contributed by atoms with van der Waals surface area (Å²) in [6.45, 7) is 3.73. The molecule has 0 spiro atoms. The summed E-state index contributed by atoms with van der Waals surface area (Å²) in [5, 5.41) is 18.6. The van der Waals surface area contributed by atoms with Crippen molar-refractivity contribution in [3.8, 4) is 5.69 Å². The Labute approximate surface area is 155 Å². The van der Waals surface area contributed by atoms with Crippen LogP contribution in [0.1, 0.15) is 37.7 Å². The van der Waals surface area contributed by atoms with Gasteiger partial charge in [-0.15, -0.1) is 0 Å². The molecule has 0 bridgehead atoms. The van der Waals surface area contributed by atoms with Crippen molar-refractivity contribution in [2.24, 2.45) is 4.99 Å². The zero-order valence-corrected chi connectivity index (χ0v) is 14.7. The minimum atomic E-state index is -1.18. The van der Waals surface area contributed by atoms with E-state index in [9.17, 15) is 19.8 Å². The zero-order chi connectivity index (χ0) is 19.6. The highest BCUT2D eigenvalue weighted by molar-refractivity contribution is 5.95. The molecule has 0 fully saturated rings. The van der Waals surface area contributed by atoms with Gasteiger partial charge in [0.05, 0.1) is 23.0 Å². The van der Waals surface area contributed by atoms with Gasteiger partial charge in [-0.2, -0.15) is 0 Å². The van der Waals surface area contributed by atoms with Gasteiger partial charge in [-0.3, -0.25) is 9.98 Å². The molecular formula is C20H17N3O4. The van der Waals surface area contributed by atoms with Crippen LogP contribution >= 0.6 is 0 Å². The fourth-order valence-corrected chi connectivity index (χ4v) is 2.88. The van der Waals surface area contributed by atoms with E-state index < -0.39 is 11.9 Å². The van der Waals surface area contributed by atoms with E-state index in [-0.39, 0.29) is 11.1 Å². The molecule has 2 N–H and O–H groups in total. The average Bonchev–Trinajstić information content (AvgIpc) is 2.93. The SMILES string of the molecule is Cc1cc(C=Nc2cccnc2)c(C)n1-c1cc(C(=O)O)cc(C(=O)O)c1. The van der Waals surface area contributed by atoms with Crippen LogP contribution in [0.5, 0.6) is 0 Å². The summed E-state index contributed by atoms with van der Waals surface area (Å²) in [5.74, 6) is -2.36. The standard InChI is InChI=1S/C20H17N3O4/c1-12-6-16(10-22-17-4-3-5-21-11-17)13(2)23(12)18-8-14(19(24)25)7-15(9-18)20(26)27/h3-11H,1-2H3,(H,24,25)(H,26,27). The molecule has 0 radical (unpaired) electrons. The summed E-state index contributed by atoms with van der Waals surface area (Å²) in [5.41, 5.74) is 3.52. The largest absolute Gasteiger partial charge is 0.478 e. The molecule has 3 aromatic rings. The number of nitrogens with zero attached hydrogens (tertiary/aromatic N) is 3. The highest BCUT2D eigenvalue weighted by atomic mass is 16.4. The first kappa shape index (κ1) is 18.1. The second-order valence-corrected chi connectivity index (χ2v) is 6.01. The van der Waals surface area contributed by atoms with Gasteiger partial charge >= 0.3 is 11.9 Å². The fraction of sp³-hybridized carbons (Fsp3) is 0.100. The van der Waals surface area contributed by atoms with E-state index in [2.05, 4.69) is 9.98 Å². The van der Waals surface area contributed by atoms with Gasteiger partial charge in [0.2, 0.25) is 0 Å². The molecule has 0 aliphatic carbocycles. The lowest BCUT2D eigenvalue weighted by molar-refractivity contribution is 0.0696. The Morgan fingerprint density at radius 1 is 1.07 bits per heavy atom. The van der Waals surface area contributed by atoms with Crippen LogP contribution < -0.4 is 0 Å². The molecule has 136 valence electrons. The number of hydrogen-bond acceptors (Lipinski definition) is 4. The second-order valence-electron chi connectivity index (χ2n) is 6.01. The van der Waals surface area contributed by atoms with Crippen LogP contribution in [0.2, 0.25) is 0 Å². The summed E-state index contributed by atoms with van der Waals surface area (Å²) in [6.07, 6.45) is 5.01. The zero-order valence-electron chi connectivity index (χ0n) is 14.7. The minimum Gasteiger partial charge on any atom is -0.478 e. The number of carboxylic acids is 2. The van der Waals surface area contributed by atoms with E-state index in [1.807, 2.05) is 30.5 Å². The number of pyridine rings is 1. The van der Waals surface area contributed by atoms with Crippen LogP contribution in [0, 0.1) is 13.8 Å². The average molecular weight is 363 g/mol. The maximum Gasteiger partial charge on any atom is 0.335 e. The van der Waals surface area contributed by atoms with Crippen molar-refractivity contribution >= 4 is 23.8 Å². The smallest absolute Gasteiger partial charge is 0.335 e. The molecule has 2 heterocycles. The molecule has 7 nitrogen and oxygen atoms in total. The van der Waals surface area contributed by atoms with Crippen molar-refractivity contribution in [2.45, 2.75) is 13.8 Å². The Hall–Kier alpha value is -3.74. The van der Waals surface area contributed by atoms with Crippen LogP contribution in [-0.4, -0.2) is 37.9 Å². The highest BCUT2D eigenvalue weighted by Gasteiger charge is 2.15. The van der Waals surface area contributed by atoms with E-state index in [0.717, 1.165) is 23.0 Å². The Bertz CT molecular complexity index is 1020. The number of hydrogen-bond donors (Lipinski definition) is 2. The van der Waals surface area contributed by atoms with E-state index in [0.29, 0.717) is 11.4 Å². The van der Waals surface area contributed by atoms with Gasteiger partial charge in [-0.1, -0.05) is 0 Å². The molecule has 0 amide bonds. The molecule has 1 aromatic carbocycles. The third kappa shape index (κ3) is 3.77. The summed E-state index contributed by atoms with van der Waals surface area (Å²) in [6, 6.07) is 9.59. The van der Waals surface area contributed by atoms with E-state index >= 15 is 0 Å². The predicted octanol–water partition coefficient (Wildman–Crippen LogP) is 3.64. The normalized spacial score (nSPS) is 11.0. The summed E-state index contributed by atoms with van der Waals surface area (Å²) < 4.78 is 1.81. The number of aromatic carboxylic acids is 2. The quantitative estimate of drug-likeness (QED) is 0.674. The van der Waals surface area contributed by atoms with Gasteiger partial charge in [-0.05, 0) is 50.2 Å². The van der Waals surface area contributed by atoms with Crippen LogP contribution in [0.3, 0.4) is 0 Å². The number of rotatable bonds is 5. The van der Waals surface area contributed by atoms with Crippen molar-refractivity contribution in [3.05, 3.63) is 76.9 Å². The van der Waals surface area contributed by atoms with E-state index in [4.69, 9.17) is 0 Å². The lowest BCUT2D eigenvalue weighted by atomic mass is 10.1.